The lowest BCUT2D eigenvalue weighted by atomic mass is 10.0. The molecule has 1 aromatic rings. The van der Waals surface area contributed by atoms with Crippen molar-refractivity contribution in [2.24, 2.45) is 0 Å². The summed E-state index contributed by atoms with van der Waals surface area (Å²) in [7, 11) is 0. The van der Waals surface area contributed by atoms with Gasteiger partial charge in [-0.2, -0.15) is 5.26 Å². The van der Waals surface area contributed by atoms with Crippen LogP contribution in [0.3, 0.4) is 0 Å². The van der Waals surface area contributed by atoms with Gasteiger partial charge < -0.3 is 5.73 Å². The Hall–Kier alpha value is -1.49. The van der Waals surface area contributed by atoms with E-state index in [1.807, 2.05) is 13.0 Å². The summed E-state index contributed by atoms with van der Waals surface area (Å²) < 4.78 is 0. The van der Waals surface area contributed by atoms with Crippen molar-refractivity contribution < 1.29 is 0 Å². The van der Waals surface area contributed by atoms with Crippen LogP contribution in [0.2, 0.25) is 0 Å². The van der Waals surface area contributed by atoms with Crippen LogP contribution in [0.15, 0.2) is 18.2 Å². The number of nitrogens with zero attached hydrogens (tertiary/aromatic N) is 1. The van der Waals surface area contributed by atoms with Crippen LogP contribution in [0.5, 0.6) is 0 Å². The molecular formula is C9H10N2. The summed E-state index contributed by atoms with van der Waals surface area (Å²) in [5.41, 5.74) is 8.01. The fraction of sp³-hybridized carbons (Fsp3) is 0.222. The van der Waals surface area contributed by atoms with Crippen LogP contribution in [-0.4, -0.2) is 0 Å². The lowest BCUT2D eigenvalue weighted by Crippen LogP contribution is -1.95. The summed E-state index contributed by atoms with van der Waals surface area (Å²) in [5.74, 6) is 0. The molecular weight excluding hydrogens is 136 g/mol. The third-order valence-electron chi connectivity index (χ3n) is 1.69. The molecule has 0 bridgehead atoms. The minimum absolute atomic E-state index is 0.688. The Balaban J connectivity index is 3.27. The summed E-state index contributed by atoms with van der Waals surface area (Å²) in [6.07, 6.45) is 0.815. The number of benzene rings is 1. The van der Waals surface area contributed by atoms with Gasteiger partial charge in [0.1, 0.15) is 0 Å². The fourth-order valence-corrected chi connectivity index (χ4v) is 1.10. The zero-order chi connectivity index (χ0) is 8.27. The predicted molar refractivity (Wildman–Crippen MR) is 44.9 cm³/mol. The van der Waals surface area contributed by atoms with Crippen LogP contribution < -0.4 is 5.73 Å². The third-order valence-corrected chi connectivity index (χ3v) is 1.69. The van der Waals surface area contributed by atoms with Gasteiger partial charge in [0.05, 0.1) is 11.6 Å². The van der Waals surface area contributed by atoms with E-state index in [1.165, 1.54) is 0 Å². The molecule has 0 saturated heterocycles. The highest BCUT2D eigenvalue weighted by atomic mass is 14.6. The first-order valence-corrected chi connectivity index (χ1v) is 3.57. The topological polar surface area (TPSA) is 49.8 Å². The maximum Gasteiger partial charge on any atom is 0.0995 e. The quantitative estimate of drug-likeness (QED) is 0.613. The van der Waals surface area contributed by atoms with Crippen LogP contribution >= 0.6 is 0 Å². The van der Waals surface area contributed by atoms with Gasteiger partial charge in [-0.15, -0.1) is 0 Å². The number of nitrogens with two attached hydrogens (primary N) is 1. The molecule has 0 saturated carbocycles. The van der Waals surface area contributed by atoms with E-state index in [0.717, 1.165) is 12.0 Å². The molecule has 1 rings (SSSR count). The number of nitriles is 1. The lowest BCUT2D eigenvalue weighted by molar-refractivity contribution is 1.13. The van der Waals surface area contributed by atoms with E-state index in [1.54, 1.807) is 12.1 Å². The largest absolute Gasteiger partial charge is 0.398 e. The Kier molecular flexibility index (Phi) is 2.12. The SMILES string of the molecule is CCc1c(N)cccc1C#N. The minimum Gasteiger partial charge on any atom is -0.398 e. The molecule has 0 heterocycles. The van der Waals surface area contributed by atoms with Gasteiger partial charge in [0.2, 0.25) is 0 Å². The molecule has 0 aliphatic rings. The second-order valence-corrected chi connectivity index (χ2v) is 2.34. The summed E-state index contributed by atoms with van der Waals surface area (Å²) in [5, 5.41) is 8.67. The molecule has 0 atom stereocenters. The molecule has 2 nitrogen and oxygen atoms in total. The normalized spacial score (nSPS) is 9.09. The first kappa shape index (κ1) is 7.62. The van der Waals surface area contributed by atoms with Crippen molar-refractivity contribution in [2.75, 3.05) is 5.73 Å². The van der Waals surface area contributed by atoms with Gasteiger partial charge in [0, 0.05) is 5.69 Å². The Morgan fingerprint density at radius 1 is 1.55 bits per heavy atom. The molecule has 56 valence electrons. The number of hydrogen-bond acceptors (Lipinski definition) is 2. The van der Waals surface area contributed by atoms with Crippen LogP contribution in [0.4, 0.5) is 5.69 Å². The molecule has 1 aromatic carbocycles. The van der Waals surface area contributed by atoms with Crippen LogP contribution in [0.25, 0.3) is 0 Å². The highest BCUT2D eigenvalue weighted by molar-refractivity contribution is 5.54. The zero-order valence-corrected chi connectivity index (χ0v) is 6.46. The van der Waals surface area contributed by atoms with Gasteiger partial charge in [-0.3, -0.25) is 0 Å². The van der Waals surface area contributed by atoms with E-state index in [9.17, 15) is 0 Å². The van der Waals surface area contributed by atoms with E-state index in [0.29, 0.717) is 11.3 Å². The van der Waals surface area contributed by atoms with Gasteiger partial charge in [-0.25, -0.2) is 0 Å². The maximum atomic E-state index is 8.67. The molecule has 0 aromatic heterocycles. The maximum absolute atomic E-state index is 8.67. The zero-order valence-electron chi connectivity index (χ0n) is 6.46. The monoisotopic (exact) mass is 146 g/mol. The highest BCUT2D eigenvalue weighted by Gasteiger charge is 2.01. The summed E-state index contributed by atoms with van der Waals surface area (Å²) in [6.45, 7) is 1.99. The molecule has 0 fully saturated rings. The Morgan fingerprint density at radius 2 is 2.27 bits per heavy atom. The number of nitrogen functional groups attached to an aromatic ring is 1. The molecule has 0 unspecified atom stereocenters. The van der Waals surface area contributed by atoms with Crippen LogP contribution in [-0.2, 0) is 6.42 Å². The average molecular weight is 146 g/mol. The van der Waals surface area contributed by atoms with Gasteiger partial charge in [0.15, 0.2) is 0 Å². The molecule has 0 radical (unpaired) electrons. The summed E-state index contributed by atoms with van der Waals surface area (Å²) in [6, 6.07) is 7.51. The van der Waals surface area contributed by atoms with Crippen molar-refractivity contribution in [3.8, 4) is 6.07 Å². The Morgan fingerprint density at radius 3 is 2.73 bits per heavy atom. The standard InChI is InChI=1S/C9H10N2/c1-2-8-7(6-10)4-3-5-9(8)11/h3-5H,2,11H2,1H3. The Bertz CT molecular complexity index is 297. The van der Waals surface area contributed by atoms with Crippen molar-refractivity contribution >= 4 is 5.69 Å². The van der Waals surface area contributed by atoms with Crippen molar-refractivity contribution in [3.05, 3.63) is 29.3 Å². The highest BCUT2D eigenvalue weighted by Crippen LogP contribution is 2.16. The minimum atomic E-state index is 0.688. The van der Waals surface area contributed by atoms with E-state index in [-0.39, 0.29) is 0 Å². The van der Waals surface area contributed by atoms with Gasteiger partial charge >= 0.3 is 0 Å². The lowest BCUT2D eigenvalue weighted by Gasteiger charge is -2.02. The first-order valence-electron chi connectivity index (χ1n) is 3.57. The summed E-state index contributed by atoms with van der Waals surface area (Å²) >= 11 is 0. The fourth-order valence-electron chi connectivity index (χ4n) is 1.10. The first-order chi connectivity index (χ1) is 5.29. The molecule has 2 heteroatoms. The third kappa shape index (κ3) is 1.32. The molecule has 0 aliphatic carbocycles. The molecule has 0 spiro atoms. The van der Waals surface area contributed by atoms with Crippen molar-refractivity contribution in [2.45, 2.75) is 13.3 Å². The van der Waals surface area contributed by atoms with Gasteiger partial charge in [0.25, 0.3) is 0 Å². The molecule has 0 amide bonds. The number of rotatable bonds is 1. The second-order valence-electron chi connectivity index (χ2n) is 2.34. The second kappa shape index (κ2) is 3.07. The van der Waals surface area contributed by atoms with Crippen LogP contribution in [0.1, 0.15) is 18.1 Å². The van der Waals surface area contributed by atoms with Gasteiger partial charge in [-0.1, -0.05) is 13.0 Å². The smallest absolute Gasteiger partial charge is 0.0995 e. The van der Waals surface area contributed by atoms with E-state index < -0.39 is 0 Å². The van der Waals surface area contributed by atoms with Crippen molar-refractivity contribution in [3.63, 3.8) is 0 Å². The van der Waals surface area contributed by atoms with Crippen LogP contribution in [0, 0.1) is 11.3 Å². The summed E-state index contributed by atoms with van der Waals surface area (Å²) in [4.78, 5) is 0. The average Bonchev–Trinajstić information content (AvgIpc) is 2.04. The van der Waals surface area contributed by atoms with E-state index in [4.69, 9.17) is 11.0 Å². The van der Waals surface area contributed by atoms with Crippen molar-refractivity contribution in [1.29, 1.82) is 5.26 Å². The molecule has 2 N–H and O–H groups in total. The molecule has 11 heavy (non-hydrogen) atoms. The Labute approximate surface area is 66.3 Å². The van der Waals surface area contributed by atoms with E-state index in [2.05, 4.69) is 6.07 Å². The number of anilines is 1. The van der Waals surface area contributed by atoms with Crippen molar-refractivity contribution in [1.82, 2.24) is 0 Å². The number of hydrogen-bond donors (Lipinski definition) is 1. The predicted octanol–water partition coefficient (Wildman–Crippen LogP) is 1.70. The van der Waals surface area contributed by atoms with E-state index >= 15 is 0 Å². The molecule has 0 aliphatic heterocycles. The van der Waals surface area contributed by atoms with Gasteiger partial charge in [-0.05, 0) is 24.1 Å².